The van der Waals surface area contributed by atoms with Gasteiger partial charge in [-0.25, -0.2) is 28.0 Å². The Morgan fingerprint density at radius 3 is 2.58 bits per heavy atom. The Labute approximate surface area is 191 Å². The zero-order valence-electron chi connectivity index (χ0n) is 17.5. The summed E-state index contributed by atoms with van der Waals surface area (Å²) in [7, 11) is 0. The number of ether oxygens (including phenoxy) is 1. The molecule has 33 heavy (non-hydrogen) atoms. The molecule has 172 valence electrons. The molecule has 1 fully saturated rings. The maximum atomic E-state index is 14.2. The quantitative estimate of drug-likeness (QED) is 0.521. The van der Waals surface area contributed by atoms with E-state index < -0.39 is 35.6 Å². The zero-order chi connectivity index (χ0) is 23.7. The smallest absolute Gasteiger partial charge is 0.341 e. The molecule has 1 atom stereocenters. The number of thioether (sulfide) groups is 1. The van der Waals surface area contributed by atoms with Gasteiger partial charge in [0.15, 0.2) is 5.82 Å². The number of carbonyl (C=O) groups is 1. The third-order valence-corrected chi connectivity index (χ3v) is 5.74. The van der Waals surface area contributed by atoms with Gasteiger partial charge in [-0.3, -0.25) is 10.8 Å². The first-order valence-corrected chi connectivity index (χ1v) is 10.8. The summed E-state index contributed by atoms with van der Waals surface area (Å²) in [4.78, 5) is 18.3. The molecule has 0 radical (unpaired) electrons. The maximum Gasteiger partial charge on any atom is 0.341 e. The number of rotatable bonds is 4. The van der Waals surface area contributed by atoms with Crippen LogP contribution in [0.15, 0.2) is 35.4 Å². The lowest BCUT2D eigenvalue weighted by Gasteiger charge is -2.40. The lowest BCUT2D eigenvalue weighted by molar-refractivity contribution is -0.109. The Bertz CT molecular complexity index is 1130. The monoisotopic (exact) mass is 477 g/mol. The van der Waals surface area contributed by atoms with Crippen LogP contribution >= 0.6 is 11.8 Å². The predicted molar refractivity (Wildman–Crippen MR) is 117 cm³/mol. The summed E-state index contributed by atoms with van der Waals surface area (Å²) in [6.07, 6.45) is 1.33. The lowest BCUT2D eigenvalue weighted by atomic mass is 10.0. The van der Waals surface area contributed by atoms with Crippen molar-refractivity contribution in [2.24, 2.45) is 5.10 Å². The van der Waals surface area contributed by atoms with Crippen LogP contribution in [0, 0.1) is 22.9 Å². The highest BCUT2D eigenvalue weighted by Crippen LogP contribution is 2.31. The van der Waals surface area contributed by atoms with Crippen molar-refractivity contribution in [2.75, 3.05) is 13.1 Å². The van der Waals surface area contributed by atoms with Gasteiger partial charge >= 0.3 is 6.03 Å². The molecule has 2 amide bonds. The number of amides is 2. The molecule has 2 aromatic rings. The highest BCUT2D eigenvalue weighted by molar-refractivity contribution is 8.26. The second-order valence-electron chi connectivity index (χ2n) is 7.55. The Balaban J connectivity index is 1.38. The summed E-state index contributed by atoms with van der Waals surface area (Å²) >= 11 is 0.998. The van der Waals surface area contributed by atoms with Crippen molar-refractivity contribution in [3.05, 3.63) is 59.0 Å². The topological polar surface area (TPSA) is 107 Å². The summed E-state index contributed by atoms with van der Waals surface area (Å²) in [5.41, 5.74) is 0.519. The van der Waals surface area contributed by atoms with E-state index in [9.17, 15) is 18.0 Å². The summed E-state index contributed by atoms with van der Waals surface area (Å²) in [5, 5.41) is 19.3. The van der Waals surface area contributed by atoms with E-state index in [4.69, 9.17) is 15.6 Å². The normalized spacial score (nSPS) is 17.8. The summed E-state index contributed by atoms with van der Waals surface area (Å²) in [5.74, 6) is -2.42. The van der Waals surface area contributed by atoms with Gasteiger partial charge in [0.05, 0.1) is 24.8 Å². The molecule has 0 bridgehead atoms. The third kappa shape index (κ3) is 5.00. The average Bonchev–Trinajstić information content (AvgIpc) is 3.20. The van der Waals surface area contributed by atoms with E-state index in [1.165, 1.54) is 34.3 Å². The SMILES string of the molecule is CC(=[NH2+])SC(=N)c1ccc(F)c(OC2CN(C(=O)N3N=CC[C@H]3c3cc(F)cc(F)c3)C2)n1. The van der Waals surface area contributed by atoms with Crippen molar-refractivity contribution in [2.45, 2.75) is 25.5 Å². The van der Waals surface area contributed by atoms with E-state index in [-0.39, 0.29) is 29.7 Å². The number of nitrogens with zero attached hydrogens (tertiary/aromatic N) is 4. The zero-order valence-corrected chi connectivity index (χ0v) is 18.3. The largest absolute Gasteiger partial charge is 0.468 e. The van der Waals surface area contributed by atoms with Crippen LogP contribution in [0.1, 0.15) is 30.6 Å². The average molecular weight is 477 g/mol. The fourth-order valence-corrected chi connectivity index (χ4v) is 4.00. The predicted octanol–water partition coefficient (Wildman–Crippen LogP) is 2.35. The van der Waals surface area contributed by atoms with Crippen LogP contribution in [-0.2, 0) is 0 Å². The molecular formula is C21H20F3N6O2S+. The van der Waals surface area contributed by atoms with E-state index in [0.29, 0.717) is 17.0 Å². The number of urea groups is 1. The van der Waals surface area contributed by atoms with Gasteiger partial charge in [0.25, 0.3) is 5.88 Å². The number of hydrogen-bond donors (Lipinski definition) is 2. The Morgan fingerprint density at radius 1 is 1.21 bits per heavy atom. The number of nitrogens with two attached hydrogens (primary N) is 1. The van der Waals surface area contributed by atoms with Gasteiger partial charge in [-0.2, -0.15) is 5.10 Å². The molecular weight excluding hydrogens is 457 g/mol. The number of nitrogens with one attached hydrogen (secondary N) is 1. The lowest BCUT2D eigenvalue weighted by Crippen LogP contribution is -2.59. The van der Waals surface area contributed by atoms with E-state index in [2.05, 4.69) is 10.1 Å². The minimum atomic E-state index is -0.732. The molecule has 12 heteroatoms. The number of likely N-dealkylation sites (tertiary alicyclic amines) is 1. The van der Waals surface area contributed by atoms with Gasteiger partial charge in [-0.05, 0) is 41.6 Å². The highest BCUT2D eigenvalue weighted by atomic mass is 32.2. The van der Waals surface area contributed by atoms with Crippen LogP contribution in [-0.4, -0.2) is 56.4 Å². The number of benzene rings is 1. The summed E-state index contributed by atoms with van der Waals surface area (Å²) in [6, 6.07) is 4.55. The number of aromatic nitrogens is 1. The molecule has 0 unspecified atom stereocenters. The van der Waals surface area contributed by atoms with E-state index in [1.807, 2.05) is 0 Å². The molecule has 4 rings (SSSR count). The van der Waals surface area contributed by atoms with E-state index in [1.54, 1.807) is 6.92 Å². The first-order valence-electron chi connectivity index (χ1n) is 9.97. The second-order valence-corrected chi connectivity index (χ2v) is 8.81. The van der Waals surface area contributed by atoms with Gasteiger partial charge in [0, 0.05) is 25.6 Å². The number of carbonyl (C=O) groups excluding carboxylic acids is 1. The summed E-state index contributed by atoms with van der Waals surface area (Å²) < 4.78 is 47.0. The number of hydrazone groups is 1. The molecule has 8 nitrogen and oxygen atoms in total. The Morgan fingerprint density at radius 2 is 1.91 bits per heavy atom. The van der Waals surface area contributed by atoms with Crippen molar-refractivity contribution in [1.82, 2.24) is 14.9 Å². The molecule has 2 aliphatic rings. The van der Waals surface area contributed by atoms with E-state index in [0.717, 1.165) is 23.9 Å². The first kappa shape index (κ1) is 22.8. The van der Waals surface area contributed by atoms with Gasteiger partial charge in [0.2, 0.25) is 5.04 Å². The minimum Gasteiger partial charge on any atom is -0.468 e. The molecule has 3 N–H and O–H groups in total. The van der Waals surface area contributed by atoms with Gasteiger partial charge in [0.1, 0.15) is 22.8 Å². The number of hydrogen-bond acceptors (Lipinski definition) is 6. The molecule has 0 aliphatic carbocycles. The standard InChI is InChI=1S/C21H19F3N6O2S/c1-11(25)33-19(26)17-3-2-16(24)20(28-17)32-15-9-29(10-15)21(31)30-18(4-5-27-30)12-6-13(22)8-14(23)7-12/h2-3,5-8,15,18,25-26H,4,9-10H2,1H3/p+1/t18-/m0/s1. The fourth-order valence-electron chi connectivity index (χ4n) is 3.46. The van der Waals surface area contributed by atoms with Gasteiger partial charge < -0.3 is 9.64 Å². The van der Waals surface area contributed by atoms with Crippen LogP contribution in [0.4, 0.5) is 18.0 Å². The maximum absolute atomic E-state index is 14.2. The third-order valence-electron chi connectivity index (χ3n) is 5.00. The van der Waals surface area contributed by atoms with Crippen LogP contribution in [0.25, 0.3) is 0 Å². The summed E-state index contributed by atoms with van der Waals surface area (Å²) in [6.45, 7) is 1.95. The number of halogens is 3. The minimum absolute atomic E-state index is 0.0528. The van der Waals surface area contributed by atoms with Crippen molar-refractivity contribution in [3.8, 4) is 5.88 Å². The molecule has 0 spiro atoms. The van der Waals surface area contributed by atoms with Crippen LogP contribution < -0.4 is 10.1 Å². The fraction of sp³-hybridized carbons (Fsp3) is 0.286. The first-order chi connectivity index (χ1) is 15.7. The Kier molecular flexibility index (Phi) is 6.36. The molecule has 0 saturated carbocycles. The molecule has 3 heterocycles. The second kappa shape index (κ2) is 9.22. The molecule has 2 aliphatic heterocycles. The van der Waals surface area contributed by atoms with Crippen molar-refractivity contribution in [1.29, 1.82) is 5.41 Å². The van der Waals surface area contributed by atoms with Gasteiger partial charge in [-0.15, -0.1) is 0 Å². The van der Waals surface area contributed by atoms with Crippen LogP contribution in [0.3, 0.4) is 0 Å². The van der Waals surface area contributed by atoms with Crippen molar-refractivity contribution >= 4 is 34.1 Å². The van der Waals surface area contributed by atoms with E-state index >= 15 is 0 Å². The number of pyridine rings is 1. The van der Waals surface area contributed by atoms with Crippen molar-refractivity contribution in [3.63, 3.8) is 0 Å². The van der Waals surface area contributed by atoms with Crippen molar-refractivity contribution < 1.29 is 28.1 Å². The van der Waals surface area contributed by atoms with Crippen LogP contribution in [0.2, 0.25) is 0 Å². The molecule has 1 aromatic carbocycles. The molecule has 1 saturated heterocycles. The molecule has 1 aromatic heterocycles. The van der Waals surface area contributed by atoms with Gasteiger partial charge in [-0.1, -0.05) is 0 Å². The Hall–Kier alpha value is -3.41. The highest BCUT2D eigenvalue weighted by Gasteiger charge is 2.39. The van der Waals surface area contributed by atoms with Crippen LogP contribution in [0.5, 0.6) is 5.88 Å².